The molecule has 0 unspecified atom stereocenters. The summed E-state index contributed by atoms with van der Waals surface area (Å²) in [6, 6.07) is -3.51. The molecule has 31 nitrogen and oxygen atoms in total. The van der Waals surface area contributed by atoms with Gasteiger partial charge in [-0.25, -0.2) is 4.79 Å². The Morgan fingerprint density at radius 3 is 1.71 bits per heavy atom. The minimum Gasteiger partial charge on any atom is -0.477 e. The SMILES string of the molecule is CC(=O)N[C@H]1[C@H](O[C@@H]2[C@@H](O)[C@H](O)O[C@H](CO)[C@@H]2O)O[C@H](CO[C@@H]2O[C@H](CO)[C@@H](O)[C@H](O)[C@H]2O)[C@@H](O[C@@H]2O[C@H](CO)[C@H](O)[C@H](O[C@]3(C(=O)O)C[C@H](O)[C@@H](NC(C)=O)[C@H]([C@H](O)[C@H](O)CO)O3)[C@H]2O)[C@@H]1O. The highest BCUT2D eigenvalue weighted by Crippen LogP contribution is 2.39. The molecule has 2 amide bonds. The molecular formula is C37H62N2O29. The zero-order valence-corrected chi connectivity index (χ0v) is 36.2. The van der Waals surface area contributed by atoms with E-state index in [1.807, 2.05) is 0 Å². The van der Waals surface area contributed by atoms with Crippen molar-refractivity contribution in [3.63, 3.8) is 0 Å². The lowest BCUT2D eigenvalue weighted by Gasteiger charge is -2.51. The van der Waals surface area contributed by atoms with Gasteiger partial charge in [0.2, 0.25) is 11.8 Å². The van der Waals surface area contributed by atoms with Crippen LogP contribution in [0.4, 0.5) is 0 Å². The molecule has 26 atom stereocenters. The number of carbonyl (C=O) groups is 3. The minimum absolute atomic E-state index is 0.824. The van der Waals surface area contributed by atoms with Crippen molar-refractivity contribution in [3.05, 3.63) is 0 Å². The topological polar surface area (TPSA) is 502 Å². The van der Waals surface area contributed by atoms with Crippen molar-refractivity contribution in [2.24, 2.45) is 0 Å². The second kappa shape index (κ2) is 23.8. The van der Waals surface area contributed by atoms with E-state index in [2.05, 4.69) is 10.6 Å². The number of carboxylic acids is 1. The van der Waals surface area contributed by atoms with E-state index < -0.39 is 216 Å². The summed E-state index contributed by atoms with van der Waals surface area (Å²) in [6.07, 6.45) is -47.6. The molecule has 0 bridgehead atoms. The number of ether oxygens (including phenoxy) is 9. The Morgan fingerprint density at radius 2 is 1.13 bits per heavy atom. The largest absolute Gasteiger partial charge is 0.477 e. The Bertz CT molecular complexity index is 1660. The lowest BCUT2D eigenvalue weighted by atomic mass is 9.88. The van der Waals surface area contributed by atoms with Gasteiger partial charge < -0.3 is 140 Å². The highest BCUT2D eigenvalue weighted by atomic mass is 16.8. The first kappa shape index (κ1) is 56.3. The summed E-state index contributed by atoms with van der Waals surface area (Å²) in [5.41, 5.74) is 0. The maximum Gasteiger partial charge on any atom is 0.364 e. The molecule has 394 valence electrons. The Labute approximate surface area is 384 Å². The van der Waals surface area contributed by atoms with Crippen LogP contribution in [0.5, 0.6) is 0 Å². The summed E-state index contributed by atoms with van der Waals surface area (Å²) in [5, 5.41) is 185. The molecule has 68 heavy (non-hydrogen) atoms. The fourth-order valence-corrected chi connectivity index (χ4v) is 8.43. The molecule has 5 fully saturated rings. The number of amides is 2. The molecule has 19 N–H and O–H groups in total. The highest BCUT2D eigenvalue weighted by Gasteiger charge is 2.61. The van der Waals surface area contributed by atoms with Crippen LogP contribution in [0.25, 0.3) is 0 Å². The maximum absolute atomic E-state index is 13.0. The van der Waals surface area contributed by atoms with E-state index in [1.54, 1.807) is 0 Å². The standard InChI is InChI=1S/C37H62N2O29/c1-9(44)38-17-11(46)3-37(36(58)59,67-29(17)19(48)12(47)4-40)68-31-22(51)15(7-43)63-35(27(31)56)65-28-16(8-60-34-25(54)24(53)20(49)13(5-41)62-34)64-33(18(23(28)52)39-10(2)45)66-30-21(50)14(6-42)61-32(57)26(30)55/h11-35,40-43,46-57H,3-8H2,1-2H3,(H,38,44)(H,39,45)(H,58,59)/t11-,12+,13+,14+,15+,16+,17+,18+,19+,20+,21-,22-,23+,24-,25+,26+,27+,28+,29+,30-,31-,32+,33-,34+,35-,37-/m0/s1. The molecule has 0 aromatic rings. The summed E-state index contributed by atoms with van der Waals surface area (Å²) in [7, 11) is 0. The van der Waals surface area contributed by atoms with Crippen LogP contribution in [-0.2, 0) is 57.0 Å². The third-order valence-electron chi connectivity index (χ3n) is 12.1. The van der Waals surface area contributed by atoms with E-state index in [4.69, 9.17) is 42.6 Å². The molecule has 0 aromatic carbocycles. The summed E-state index contributed by atoms with van der Waals surface area (Å²) in [4.78, 5) is 37.6. The molecule has 5 aliphatic heterocycles. The summed E-state index contributed by atoms with van der Waals surface area (Å²) in [6.45, 7) is -3.08. The van der Waals surface area contributed by atoms with Crippen LogP contribution in [-0.4, -0.2) is 297 Å². The first-order valence-electron chi connectivity index (χ1n) is 21.2. The molecule has 5 aliphatic rings. The monoisotopic (exact) mass is 998 g/mol. The Balaban J connectivity index is 1.51. The van der Waals surface area contributed by atoms with Crippen LogP contribution >= 0.6 is 0 Å². The van der Waals surface area contributed by atoms with Crippen molar-refractivity contribution in [1.29, 1.82) is 0 Å². The third-order valence-corrected chi connectivity index (χ3v) is 12.1. The van der Waals surface area contributed by atoms with Gasteiger partial charge in [-0.05, 0) is 0 Å². The van der Waals surface area contributed by atoms with Crippen molar-refractivity contribution in [2.45, 2.75) is 179 Å². The number of carboxylic acid groups (broad SMARTS) is 1. The average molecular weight is 999 g/mol. The van der Waals surface area contributed by atoms with Gasteiger partial charge in [0, 0.05) is 20.3 Å². The predicted molar refractivity (Wildman–Crippen MR) is 207 cm³/mol. The first-order valence-corrected chi connectivity index (χ1v) is 21.2. The van der Waals surface area contributed by atoms with Crippen molar-refractivity contribution in [3.8, 4) is 0 Å². The van der Waals surface area contributed by atoms with Crippen molar-refractivity contribution < 1.29 is 144 Å². The van der Waals surface area contributed by atoms with Gasteiger partial charge in [-0.15, -0.1) is 0 Å². The van der Waals surface area contributed by atoms with Crippen LogP contribution in [0.15, 0.2) is 0 Å². The number of carbonyl (C=O) groups excluding carboxylic acids is 2. The molecule has 0 saturated carbocycles. The van der Waals surface area contributed by atoms with Crippen LogP contribution in [0.2, 0.25) is 0 Å². The number of aliphatic hydroxyl groups excluding tert-OH is 16. The number of aliphatic carboxylic acids is 1. The van der Waals surface area contributed by atoms with Gasteiger partial charge in [0.1, 0.15) is 116 Å². The van der Waals surface area contributed by atoms with Gasteiger partial charge in [-0.2, -0.15) is 0 Å². The number of rotatable bonds is 18. The van der Waals surface area contributed by atoms with Crippen LogP contribution in [0.1, 0.15) is 20.3 Å². The Morgan fingerprint density at radius 1 is 0.603 bits per heavy atom. The van der Waals surface area contributed by atoms with Gasteiger partial charge in [0.05, 0.1) is 45.2 Å². The lowest BCUT2D eigenvalue weighted by Crippen LogP contribution is -2.71. The predicted octanol–water partition coefficient (Wildman–Crippen LogP) is -12.4. The van der Waals surface area contributed by atoms with E-state index in [9.17, 15) is 101 Å². The average Bonchev–Trinajstić information content (AvgIpc) is 3.29. The van der Waals surface area contributed by atoms with Crippen LogP contribution < -0.4 is 10.6 Å². The van der Waals surface area contributed by atoms with E-state index in [-0.39, 0.29) is 0 Å². The van der Waals surface area contributed by atoms with Crippen LogP contribution in [0, 0.1) is 0 Å². The van der Waals surface area contributed by atoms with Gasteiger partial charge in [-0.3, -0.25) is 9.59 Å². The van der Waals surface area contributed by atoms with Gasteiger partial charge >= 0.3 is 5.97 Å². The second-order valence-corrected chi connectivity index (χ2v) is 16.9. The lowest BCUT2D eigenvalue weighted by molar-refractivity contribution is -0.389. The van der Waals surface area contributed by atoms with E-state index in [1.165, 1.54) is 0 Å². The Hall–Kier alpha value is -2.59. The Kier molecular flexibility index (Phi) is 19.7. The second-order valence-electron chi connectivity index (χ2n) is 16.9. The van der Waals surface area contributed by atoms with E-state index >= 15 is 0 Å². The third kappa shape index (κ3) is 12.0. The van der Waals surface area contributed by atoms with E-state index in [0.29, 0.717) is 0 Å². The molecule has 0 spiro atoms. The smallest absolute Gasteiger partial charge is 0.364 e. The van der Waals surface area contributed by atoms with Crippen LogP contribution in [0.3, 0.4) is 0 Å². The number of aliphatic hydroxyl groups is 16. The summed E-state index contributed by atoms with van der Waals surface area (Å²) in [5.74, 6) is -7.00. The zero-order chi connectivity index (χ0) is 50.7. The number of hydrogen-bond acceptors (Lipinski definition) is 28. The molecular weight excluding hydrogens is 936 g/mol. The normalized spacial score (nSPS) is 46.6. The molecule has 5 heterocycles. The summed E-state index contributed by atoms with van der Waals surface area (Å²) < 4.78 is 50.8. The number of nitrogens with one attached hydrogen (secondary N) is 2. The molecule has 5 rings (SSSR count). The molecule has 5 saturated heterocycles. The quantitative estimate of drug-likeness (QED) is 0.0606. The van der Waals surface area contributed by atoms with Crippen molar-refractivity contribution >= 4 is 17.8 Å². The fraction of sp³-hybridized carbons (Fsp3) is 0.919. The summed E-state index contributed by atoms with van der Waals surface area (Å²) >= 11 is 0. The number of hydrogen-bond donors (Lipinski definition) is 19. The van der Waals surface area contributed by atoms with Crippen molar-refractivity contribution in [1.82, 2.24) is 10.6 Å². The molecule has 0 aliphatic carbocycles. The maximum atomic E-state index is 13.0. The fourth-order valence-electron chi connectivity index (χ4n) is 8.43. The molecule has 31 heteroatoms. The van der Waals surface area contributed by atoms with Crippen molar-refractivity contribution in [2.75, 3.05) is 33.0 Å². The first-order chi connectivity index (χ1) is 31.9. The van der Waals surface area contributed by atoms with Gasteiger partial charge in [-0.1, -0.05) is 0 Å². The highest BCUT2D eigenvalue weighted by molar-refractivity contribution is 5.76. The molecule has 0 radical (unpaired) electrons. The van der Waals surface area contributed by atoms with E-state index in [0.717, 1.165) is 13.8 Å². The van der Waals surface area contributed by atoms with Gasteiger partial charge in [0.15, 0.2) is 25.2 Å². The zero-order valence-electron chi connectivity index (χ0n) is 36.2. The minimum atomic E-state index is -3.21. The molecule has 0 aromatic heterocycles. The van der Waals surface area contributed by atoms with Gasteiger partial charge in [0.25, 0.3) is 5.79 Å².